The number of aliphatic hydroxyl groups is 1. The van der Waals surface area contributed by atoms with Crippen molar-refractivity contribution >= 4 is 11.8 Å². The van der Waals surface area contributed by atoms with Crippen molar-refractivity contribution in [3.63, 3.8) is 0 Å². The van der Waals surface area contributed by atoms with Gasteiger partial charge in [-0.1, -0.05) is 6.07 Å². The van der Waals surface area contributed by atoms with Crippen LogP contribution in [0.2, 0.25) is 0 Å². The van der Waals surface area contributed by atoms with E-state index < -0.39 is 0 Å². The highest BCUT2D eigenvalue weighted by molar-refractivity contribution is 7.99. The monoisotopic (exact) mass is 268 g/mol. The van der Waals surface area contributed by atoms with Gasteiger partial charge in [-0.05, 0) is 73.3 Å². The summed E-state index contributed by atoms with van der Waals surface area (Å²) in [7, 11) is 0. The maximum absolute atomic E-state index is 13.2. The van der Waals surface area contributed by atoms with Gasteiger partial charge in [0.2, 0.25) is 0 Å². The van der Waals surface area contributed by atoms with E-state index in [0.717, 1.165) is 17.5 Å². The van der Waals surface area contributed by atoms with Crippen LogP contribution in [0.15, 0.2) is 18.2 Å². The van der Waals surface area contributed by atoms with Crippen LogP contribution in [0.3, 0.4) is 0 Å². The molecule has 1 unspecified atom stereocenters. The topological polar surface area (TPSA) is 20.2 Å². The summed E-state index contributed by atoms with van der Waals surface area (Å²) < 4.78 is 13.2. The van der Waals surface area contributed by atoms with Gasteiger partial charge in [-0.25, -0.2) is 4.39 Å². The molecule has 1 aromatic carbocycles. The van der Waals surface area contributed by atoms with Crippen LogP contribution in [0.1, 0.15) is 30.4 Å². The van der Waals surface area contributed by atoms with Crippen LogP contribution < -0.4 is 0 Å². The highest BCUT2D eigenvalue weighted by atomic mass is 32.2. The zero-order valence-electron chi connectivity index (χ0n) is 10.9. The third kappa shape index (κ3) is 3.99. The van der Waals surface area contributed by atoms with Gasteiger partial charge in [0, 0.05) is 0 Å². The number of halogens is 1. The number of aliphatic hydroxyl groups excluding tert-OH is 1. The minimum absolute atomic E-state index is 0.211. The van der Waals surface area contributed by atoms with Crippen molar-refractivity contribution in [1.29, 1.82) is 0 Å². The minimum atomic E-state index is -0.335. The van der Waals surface area contributed by atoms with Gasteiger partial charge in [0.25, 0.3) is 0 Å². The Balaban J connectivity index is 1.89. The fraction of sp³-hybridized carbons (Fsp3) is 0.600. The summed E-state index contributed by atoms with van der Waals surface area (Å²) in [5, 5.41) is 10.1. The first-order chi connectivity index (χ1) is 8.65. The molecule has 0 bridgehead atoms. The third-order valence-electron chi connectivity index (χ3n) is 3.71. The van der Waals surface area contributed by atoms with E-state index in [1.54, 1.807) is 12.1 Å². The molecule has 1 aliphatic heterocycles. The van der Waals surface area contributed by atoms with Gasteiger partial charge in [0.05, 0.1) is 6.10 Å². The van der Waals surface area contributed by atoms with Crippen LogP contribution >= 0.6 is 11.8 Å². The first kappa shape index (κ1) is 13.9. The molecule has 0 radical (unpaired) electrons. The molecule has 1 N–H and O–H groups in total. The van der Waals surface area contributed by atoms with Gasteiger partial charge in [0.15, 0.2) is 0 Å². The number of thioether (sulfide) groups is 1. The van der Waals surface area contributed by atoms with E-state index in [4.69, 9.17) is 0 Å². The maximum atomic E-state index is 13.2. The Morgan fingerprint density at radius 1 is 1.39 bits per heavy atom. The van der Waals surface area contributed by atoms with Gasteiger partial charge < -0.3 is 5.11 Å². The Morgan fingerprint density at radius 2 is 2.11 bits per heavy atom. The molecule has 1 nitrogen and oxygen atoms in total. The summed E-state index contributed by atoms with van der Waals surface area (Å²) in [6.45, 7) is 1.97. The molecule has 1 saturated heterocycles. The Labute approximate surface area is 113 Å². The van der Waals surface area contributed by atoms with Crippen molar-refractivity contribution in [3.8, 4) is 0 Å². The number of benzene rings is 1. The molecule has 0 saturated carbocycles. The molecule has 18 heavy (non-hydrogen) atoms. The molecule has 0 spiro atoms. The van der Waals surface area contributed by atoms with Crippen LogP contribution in [0.25, 0.3) is 0 Å². The van der Waals surface area contributed by atoms with E-state index in [9.17, 15) is 9.50 Å². The summed E-state index contributed by atoms with van der Waals surface area (Å²) >= 11 is 2.00. The molecule has 100 valence electrons. The second kappa shape index (κ2) is 6.58. The lowest BCUT2D eigenvalue weighted by atomic mass is 9.92. The van der Waals surface area contributed by atoms with Gasteiger partial charge in [0.1, 0.15) is 5.82 Å². The molecule has 1 aromatic rings. The number of aryl methyl sites for hydroxylation is 1. The summed E-state index contributed by atoms with van der Waals surface area (Å²) in [4.78, 5) is 0. The van der Waals surface area contributed by atoms with Crippen LogP contribution in [-0.2, 0) is 6.42 Å². The SMILES string of the molecule is Cc1ccc(F)cc1CC(O)CC1CCSCC1. The lowest BCUT2D eigenvalue weighted by Crippen LogP contribution is -2.20. The van der Waals surface area contributed by atoms with E-state index in [-0.39, 0.29) is 11.9 Å². The van der Waals surface area contributed by atoms with Gasteiger partial charge in [-0.3, -0.25) is 0 Å². The first-order valence-corrected chi connectivity index (χ1v) is 7.81. The van der Waals surface area contributed by atoms with Crippen molar-refractivity contribution in [2.75, 3.05) is 11.5 Å². The molecule has 1 atom stereocenters. The molecule has 0 amide bonds. The summed E-state index contributed by atoms with van der Waals surface area (Å²) in [5.74, 6) is 2.87. The Kier molecular flexibility index (Phi) is 5.07. The molecule has 1 fully saturated rings. The Bertz CT molecular complexity index is 388. The van der Waals surface area contributed by atoms with Crippen LogP contribution in [0, 0.1) is 18.7 Å². The van der Waals surface area contributed by atoms with E-state index in [1.807, 2.05) is 18.7 Å². The summed E-state index contributed by atoms with van der Waals surface area (Å²) in [6.07, 6.45) is 3.52. The molecular formula is C15H21FOS. The van der Waals surface area contributed by atoms with Crippen molar-refractivity contribution < 1.29 is 9.50 Å². The van der Waals surface area contributed by atoms with Crippen LogP contribution in [-0.4, -0.2) is 22.7 Å². The normalized spacial score (nSPS) is 18.8. The number of rotatable bonds is 4. The summed E-state index contributed by atoms with van der Waals surface area (Å²) in [6, 6.07) is 4.81. The molecule has 2 rings (SSSR count). The van der Waals surface area contributed by atoms with Crippen LogP contribution in [0.5, 0.6) is 0 Å². The van der Waals surface area contributed by atoms with Gasteiger partial charge >= 0.3 is 0 Å². The van der Waals surface area contributed by atoms with E-state index >= 15 is 0 Å². The lowest BCUT2D eigenvalue weighted by Gasteiger charge is -2.24. The van der Waals surface area contributed by atoms with Crippen molar-refractivity contribution in [3.05, 3.63) is 35.1 Å². The van der Waals surface area contributed by atoms with E-state index in [2.05, 4.69) is 0 Å². The quantitative estimate of drug-likeness (QED) is 0.901. The smallest absolute Gasteiger partial charge is 0.123 e. The lowest BCUT2D eigenvalue weighted by molar-refractivity contribution is 0.139. The molecular weight excluding hydrogens is 247 g/mol. The zero-order chi connectivity index (χ0) is 13.0. The number of hydrogen-bond acceptors (Lipinski definition) is 2. The molecule has 1 aliphatic rings. The van der Waals surface area contributed by atoms with E-state index in [1.165, 1.54) is 30.4 Å². The third-order valence-corrected chi connectivity index (χ3v) is 4.76. The predicted octanol–water partition coefficient (Wildman–Crippen LogP) is 3.57. The second-order valence-electron chi connectivity index (χ2n) is 5.22. The average molecular weight is 268 g/mol. The van der Waals surface area contributed by atoms with Crippen LogP contribution in [0.4, 0.5) is 4.39 Å². The van der Waals surface area contributed by atoms with Crippen molar-refractivity contribution in [2.24, 2.45) is 5.92 Å². The minimum Gasteiger partial charge on any atom is -0.393 e. The zero-order valence-corrected chi connectivity index (χ0v) is 11.7. The Hall–Kier alpha value is -0.540. The van der Waals surface area contributed by atoms with E-state index in [0.29, 0.717) is 12.3 Å². The molecule has 3 heteroatoms. The summed E-state index contributed by atoms with van der Waals surface area (Å²) in [5.41, 5.74) is 2.00. The molecule has 0 aliphatic carbocycles. The molecule has 0 aromatic heterocycles. The molecule has 1 heterocycles. The highest BCUT2D eigenvalue weighted by Gasteiger charge is 2.18. The van der Waals surface area contributed by atoms with Gasteiger partial charge in [-0.2, -0.15) is 11.8 Å². The fourth-order valence-corrected chi connectivity index (χ4v) is 3.77. The standard InChI is InChI=1S/C15H21FOS/c1-11-2-3-14(16)9-13(11)10-15(17)8-12-4-6-18-7-5-12/h2-3,9,12,15,17H,4-8,10H2,1H3. The van der Waals surface area contributed by atoms with Crippen molar-refractivity contribution in [2.45, 2.75) is 38.7 Å². The predicted molar refractivity (Wildman–Crippen MR) is 75.5 cm³/mol. The largest absolute Gasteiger partial charge is 0.393 e. The highest BCUT2D eigenvalue weighted by Crippen LogP contribution is 2.27. The fourth-order valence-electron chi connectivity index (χ4n) is 2.56. The maximum Gasteiger partial charge on any atom is 0.123 e. The average Bonchev–Trinajstić information content (AvgIpc) is 2.35. The second-order valence-corrected chi connectivity index (χ2v) is 6.44. The van der Waals surface area contributed by atoms with Gasteiger partial charge in [-0.15, -0.1) is 0 Å². The Morgan fingerprint density at radius 3 is 2.83 bits per heavy atom. The first-order valence-electron chi connectivity index (χ1n) is 6.66. The number of hydrogen-bond donors (Lipinski definition) is 1. The van der Waals surface area contributed by atoms with Crippen molar-refractivity contribution in [1.82, 2.24) is 0 Å².